The molecule has 0 aromatic rings. The maximum Gasteiger partial charge on any atom is 0.338 e. The zero-order chi connectivity index (χ0) is 20.4. The standard InChI is InChI=1S/C18H31NO6S/c1-7-8-15(22)19(13-20)25-16(23)17(3,4)9-11-24-18(5,6)10-12-26-14(2)21/h13H,7-12H2,1-6H3. The maximum atomic E-state index is 12.3. The van der Waals surface area contributed by atoms with Crippen LogP contribution in [-0.2, 0) is 28.8 Å². The lowest BCUT2D eigenvalue weighted by Crippen LogP contribution is -2.38. The minimum Gasteiger partial charge on any atom is -0.376 e. The molecule has 0 aliphatic carbocycles. The first-order valence-electron chi connectivity index (χ1n) is 8.72. The summed E-state index contributed by atoms with van der Waals surface area (Å²) in [5, 5.41) is 0.527. The second kappa shape index (κ2) is 11.3. The van der Waals surface area contributed by atoms with E-state index < -0.39 is 22.9 Å². The van der Waals surface area contributed by atoms with Crippen molar-refractivity contribution in [3.63, 3.8) is 0 Å². The molecule has 0 aliphatic rings. The summed E-state index contributed by atoms with van der Waals surface area (Å²) in [5.74, 6) is -0.545. The third kappa shape index (κ3) is 9.91. The molecule has 7 nitrogen and oxygen atoms in total. The van der Waals surface area contributed by atoms with Crippen molar-refractivity contribution >= 4 is 35.2 Å². The van der Waals surface area contributed by atoms with Crippen molar-refractivity contribution in [2.24, 2.45) is 5.41 Å². The Morgan fingerprint density at radius 2 is 1.73 bits per heavy atom. The molecular formula is C18H31NO6S. The number of hydroxylamine groups is 2. The zero-order valence-electron chi connectivity index (χ0n) is 16.6. The molecule has 0 bridgehead atoms. The number of ether oxygens (including phenoxy) is 1. The summed E-state index contributed by atoms with van der Waals surface area (Å²) < 4.78 is 5.83. The molecule has 0 atom stereocenters. The van der Waals surface area contributed by atoms with Gasteiger partial charge in [-0.25, -0.2) is 4.79 Å². The molecule has 8 heteroatoms. The van der Waals surface area contributed by atoms with E-state index in [0.717, 1.165) is 0 Å². The molecule has 0 aromatic carbocycles. The summed E-state index contributed by atoms with van der Waals surface area (Å²) in [5.41, 5.74) is -1.34. The van der Waals surface area contributed by atoms with Gasteiger partial charge in [0.25, 0.3) is 12.3 Å². The minimum absolute atomic E-state index is 0.0713. The topological polar surface area (TPSA) is 90.0 Å². The van der Waals surface area contributed by atoms with Crippen LogP contribution in [0.1, 0.15) is 67.2 Å². The fourth-order valence-electron chi connectivity index (χ4n) is 1.87. The lowest BCUT2D eigenvalue weighted by Gasteiger charge is -2.29. The van der Waals surface area contributed by atoms with Crippen LogP contribution in [0.25, 0.3) is 0 Å². The van der Waals surface area contributed by atoms with E-state index in [0.29, 0.717) is 36.7 Å². The molecule has 0 aliphatic heterocycles. The van der Waals surface area contributed by atoms with E-state index >= 15 is 0 Å². The fourth-order valence-corrected chi connectivity index (χ4v) is 2.75. The average Bonchev–Trinajstić information content (AvgIpc) is 2.51. The van der Waals surface area contributed by atoms with Crippen molar-refractivity contribution < 1.29 is 28.8 Å². The number of carbonyl (C=O) groups is 4. The van der Waals surface area contributed by atoms with Gasteiger partial charge in [0, 0.05) is 25.7 Å². The van der Waals surface area contributed by atoms with E-state index in [9.17, 15) is 19.2 Å². The molecule has 150 valence electrons. The Morgan fingerprint density at radius 3 is 2.23 bits per heavy atom. The molecule has 0 unspecified atom stereocenters. The van der Waals surface area contributed by atoms with Crippen LogP contribution < -0.4 is 0 Å². The second-order valence-corrected chi connectivity index (χ2v) is 8.56. The lowest BCUT2D eigenvalue weighted by atomic mass is 9.90. The average molecular weight is 390 g/mol. The highest BCUT2D eigenvalue weighted by Crippen LogP contribution is 2.25. The maximum absolute atomic E-state index is 12.3. The van der Waals surface area contributed by atoms with Gasteiger partial charge in [0.05, 0.1) is 11.0 Å². The fraction of sp³-hybridized carbons (Fsp3) is 0.778. The highest BCUT2D eigenvalue weighted by atomic mass is 32.2. The van der Waals surface area contributed by atoms with Crippen LogP contribution >= 0.6 is 11.8 Å². The Bertz CT molecular complexity index is 504. The number of thioether (sulfide) groups is 1. The minimum atomic E-state index is -0.919. The van der Waals surface area contributed by atoms with Gasteiger partial charge >= 0.3 is 5.97 Å². The highest BCUT2D eigenvalue weighted by Gasteiger charge is 2.33. The molecule has 26 heavy (non-hydrogen) atoms. The summed E-state index contributed by atoms with van der Waals surface area (Å²) in [7, 11) is 0. The summed E-state index contributed by atoms with van der Waals surface area (Å²) in [4.78, 5) is 50.8. The van der Waals surface area contributed by atoms with E-state index in [1.807, 2.05) is 13.8 Å². The van der Waals surface area contributed by atoms with Gasteiger partial charge in [-0.05, 0) is 47.0 Å². The Kier molecular flexibility index (Phi) is 10.7. The van der Waals surface area contributed by atoms with Crippen LogP contribution in [0.4, 0.5) is 0 Å². The number of hydrogen-bond donors (Lipinski definition) is 0. The van der Waals surface area contributed by atoms with Crippen LogP contribution in [0.3, 0.4) is 0 Å². The molecule has 0 saturated carbocycles. The molecule has 0 heterocycles. The molecule has 0 N–H and O–H groups in total. The predicted octanol–water partition coefficient (Wildman–Crippen LogP) is 3.11. The third-order valence-electron chi connectivity index (χ3n) is 3.77. The summed E-state index contributed by atoms with van der Waals surface area (Å²) >= 11 is 1.25. The smallest absolute Gasteiger partial charge is 0.338 e. The molecule has 0 rings (SSSR count). The van der Waals surface area contributed by atoms with Gasteiger partial charge in [-0.3, -0.25) is 14.4 Å². The van der Waals surface area contributed by atoms with Crippen LogP contribution in [-0.4, -0.2) is 46.4 Å². The van der Waals surface area contributed by atoms with E-state index in [1.165, 1.54) is 18.7 Å². The molecule has 0 fully saturated rings. The first-order chi connectivity index (χ1) is 11.9. The molecule has 0 aromatic heterocycles. The number of hydrogen-bond acceptors (Lipinski definition) is 7. The van der Waals surface area contributed by atoms with E-state index in [2.05, 4.69) is 0 Å². The first-order valence-corrected chi connectivity index (χ1v) is 9.71. The van der Waals surface area contributed by atoms with Crippen molar-refractivity contribution in [1.29, 1.82) is 0 Å². The van der Waals surface area contributed by atoms with Crippen molar-refractivity contribution in [2.75, 3.05) is 12.4 Å². The van der Waals surface area contributed by atoms with Crippen molar-refractivity contribution in [3.05, 3.63) is 0 Å². The van der Waals surface area contributed by atoms with Gasteiger partial charge in [0.2, 0.25) is 0 Å². The summed E-state index contributed by atoms with van der Waals surface area (Å²) in [6, 6.07) is 0. The molecular weight excluding hydrogens is 358 g/mol. The Balaban J connectivity index is 4.49. The van der Waals surface area contributed by atoms with E-state index in [-0.39, 0.29) is 17.9 Å². The number of nitrogens with zero attached hydrogens (tertiary/aromatic N) is 1. The number of amides is 2. The largest absolute Gasteiger partial charge is 0.376 e. The van der Waals surface area contributed by atoms with Crippen molar-refractivity contribution in [3.8, 4) is 0 Å². The SMILES string of the molecule is CCCC(=O)N(C=O)OC(=O)C(C)(C)CCOC(C)(C)CCSC(C)=O. The third-order valence-corrected chi connectivity index (χ3v) is 4.58. The zero-order valence-corrected chi connectivity index (χ0v) is 17.4. The van der Waals surface area contributed by atoms with E-state index in [4.69, 9.17) is 9.57 Å². The monoisotopic (exact) mass is 389 g/mol. The van der Waals surface area contributed by atoms with E-state index in [1.54, 1.807) is 20.8 Å². The van der Waals surface area contributed by atoms with Crippen molar-refractivity contribution in [1.82, 2.24) is 5.06 Å². The van der Waals surface area contributed by atoms with Crippen LogP contribution in [0.15, 0.2) is 0 Å². The molecule has 0 radical (unpaired) electrons. The molecule has 0 saturated heterocycles. The molecule has 2 amide bonds. The van der Waals surface area contributed by atoms with Crippen LogP contribution in [0.2, 0.25) is 0 Å². The normalized spacial score (nSPS) is 11.8. The van der Waals surface area contributed by atoms with Gasteiger partial charge in [-0.15, -0.1) is 5.06 Å². The Hall–Kier alpha value is -1.41. The Morgan fingerprint density at radius 1 is 1.12 bits per heavy atom. The van der Waals surface area contributed by atoms with Crippen LogP contribution in [0, 0.1) is 5.41 Å². The van der Waals surface area contributed by atoms with Gasteiger partial charge in [-0.2, -0.15) is 0 Å². The number of imide groups is 1. The van der Waals surface area contributed by atoms with Gasteiger partial charge in [0.1, 0.15) is 0 Å². The summed E-state index contributed by atoms with van der Waals surface area (Å²) in [6.07, 6.45) is 1.95. The quantitative estimate of drug-likeness (QED) is 0.396. The number of rotatable bonds is 11. The number of carbonyl (C=O) groups excluding carboxylic acids is 4. The van der Waals surface area contributed by atoms with Gasteiger partial charge in [-0.1, -0.05) is 18.7 Å². The van der Waals surface area contributed by atoms with Gasteiger partial charge < -0.3 is 9.57 Å². The Labute approximate surface area is 160 Å². The molecule has 0 spiro atoms. The lowest BCUT2D eigenvalue weighted by molar-refractivity contribution is -0.204. The van der Waals surface area contributed by atoms with Gasteiger partial charge in [0.15, 0.2) is 5.12 Å². The second-order valence-electron chi connectivity index (χ2n) is 7.29. The van der Waals surface area contributed by atoms with Crippen molar-refractivity contribution in [2.45, 2.75) is 72.8 Å². The highest BCUT2D eigenvalue weighted by molar-refractivity contribution is 8.13. The predicted molar refractivity (Wildman–Crippen MR) is 100 cm³/mol. The summed E-state index contributed by atoms with van der Waals surface area (Å²) in [6.45, 7) is 10.8. The van der Waals surface area contributed by atoms with Crippen LogP contribution in [0.5, 0.6) is 0 Å². The first kappa shape index (κ1) is 24.6.